The second-order valence-electron chi connectivity index (χ2n) is 4.14. The molecule has 4 nitrogen and oxygen atoms in total. The summed E-state index contributed by atoms with van der Waals surface area (Å²) in [4.78, 5) is 13.3. The Labute approximate surface area is 103 Å². The Balaban J connectivity index is 2.32. The first-order valence-electron chi connectivity index (χ1n) is 5.82. The monoisotopic (exact) mass is 235 g/mol. The van der Waals surface area contributed by atoms with Crippen molar-refractivity contribution >= 4 is 11.6 Å². The predicted octanol–water partition coefficient (Wildman–Crippen LogP) is 0.767. The summed E-state index contributed by atoms with van der Waals surface area (Å²) in [6.45, 7) is 3.90. The second-order valence-corrected chi connectivity index (χ2v) is 4.14. The van der Waals surface area contributed by atoms with Crippen LogP contribution < -0.4 is 15.5 Å². The molecule has 94 valence electrons. The summed E-state index contributed by atoms with van der Waals surface area (Å²) >= 11 is 0. The summed E-state index contributed by atoms with van der Waals surface area (Å²) in [6.07, 6.45) is 0. The molecule has 0 saturated heterocycles. The summed E-state index contributed by atoms with van der Waals surface area (Å²) in [5.74, 6) is 0.0322. The van der Waals surface area contributed by atoms with Gasteiger partial charge in [0.2, 0.25) is 5.91 Å². The van der Waals surface area contributed by atoms with Gasteiger partial charge in [-0.2, -0.15) is 0 Å². The zero-order chi connectivity index (χ0) is 12.7. The number of hydrogen-bond acceptors (Lipinski definition) is 3. The maximum Gasteiger partial charge on any atom is 0.234 e. The molecule has 1 amide bonds. The molecule has 0 aliphatic rings. The summed E-state index contributed by atoms with van der Waals surface area (Å²) in [6, 6.07) is 8.35. The predicted molar refractivity (Wildman–Crippen MR) is 71.4 cm³/mol. The molecule has 1 aromatic rings. The van der Waals surface area contributed by atoms with Crippen LogP contribution in [0, 0.1) is 6.92 Å². The van der Waals surface area contributed by atoms with E-state index in [4.69, 9.17) is 0 Å². The van der Waals surface area contributed by atoms with Crippen molar-refractivity contribution < 1.29 is 4.79 Å². The fraction of sp³-hybridized carbons (Fsp3) is 0.462. The van der Waals surface area contributed by atoms with Crippen LogP contribution in [-0.2, 0) is 4.79 Å². The van der Waals surface area contributed by atoms with Crippen molar-refractivity contribution in [3.05, 3.63) is 29.8 Å². The minimum atomic E-state index is 0.0322. The topological polar surface area (TPSA) is 44.4 Å². The van der Waals surface area contributed by atoms with E-state index in [1.54, 1.807) is 7.05 Å². The van der Waals surface area contributed by atoms with Gasteiger partial charge in [-0.25, -0.2) is 0 Å². The minimum absolute atomic E-state index is 0.0322. The van der Waals surface area contributed by atoms with Crippen molar-refractivity contribution in [1.29, 1.82) is 0 Å². The highest BCUT2D eigenvalue weighted by molar-refractivity contribution is 5.77. The van der Waals surface area contributed by atoms with Gasteiger partial charge in [-0.15, -0.1) is 0 Å². The Morgan fingerprint density at radius 2 is 1.94 bits per heavy atom. The number of benzene rings is 1. The van der Waals surface area contributed by atoms with Gasteiger partial charge in [-0.1, -0.05) is 17.7 Å². The fourth-order valence-electron chi connectivity index (χ4n) is 1.51. The summed E-state index contributed by atoms with van der Waals surface area (Å²) < 4.78 is 0. The van der Waals surface area contributed by atoms with E-state index in [-0.39, 0.29) is 5.91 Å². The van der Waals surface area contributed by atoms with Crippen LogP contribution in [0.5, 0.6) is 0 Å². The number of hydrogen-bond donors (Lipinski definition) is 2. The number of aryl methyl sites for hydroxylation is 1. The third-order valence-corrected chi connectivity index (χ3v) is 2.58. The lowest BCUT2D eigenvalue weighted by atomic mass is 10.2. The standard InChI is InChI=1S/C13H21N3O/c1-11-4-6-12(7-5-11)16(3)9-8-15-13(17)10-14-2/h4-7,14H,8-10H2,1-3H3,(H,15,17). The third kappa shape index (κ3) is 4.87. The van der Waals surface area contributed by atoms with Gasteiger partial charge < -0.3 is 15.5 Å². The van der Waals surface area contributed by atoms with Gasteiger partial charge in [0.1, 0.15) is 0 Å². The van der Waals surface area contributed by atoms with Gasteiger partial charge in [-0.05, 0) is 26.1 Å². The zero-order valence-electron chi connectivity index (χ0n) is 10.8. The van der Waals surface area contributed by atoms with Gasteiger partial charge in [-0.3, -0.25) is 4.79 Å². The molecule has 0 bridgehead atoms. The molecule has 2 N–H and O–H groups in total. The van der Waals surface area contributed by atoms with E-state index in [0.717, 1.165) is 6.54 Å². The van der Waals surface area contributed by atoms with Crippen LogP contribution in [0.15, 0.2) is 24.3 Å². The quantitative estimate of drug-likeness (QED) is 0.765. The fourth-order valence-corrected chi connectivity index (χ4v) is 1.51. The number of nitrogens with one attached hydrogen (secondary N) is 2. The van der Waals surface area contributed by atoms with Gasteiger partial charge in [0, 0.05) is 25.8 Å². The summed E-state index contributed by atoms with van der Waals surface area (Å²) in [5.41, 5.74) is 2.42. The molecule has 0 fully saturated rings. The van der Waals surface area contributed by atoms with E-state index in [2.05, 4.69) is 46.7 Å². The van der Waals surface area contributed by atoms with Crippen molar-refractivity contribution in [2.45, 2.75) is 6.92 Å². The maximum absolute atomic E-state index is 11.2. The molecule has 1 aromatic carbocycles. The van der Waals surface area contributed by atoms with Gasteiger partial charge >= 0.3 is 0 Å². The van der Waals surface area contributed by atoms with E-state index in [1.807, 2.05) is 7.05 Å². The normalized spacial score (nSPS) is 10.1. The van der Waals surface area contributed by atoms with Crippen molar-refractivity contribution in [3.8, 4) is 0 Å². The molecule has 0 aliphatic heterocycles. The largest absolute Gasteiger partial charge is 0.373 e. The molecule has 1 rings (SSSR count). The Kier molecular flexibility index (Phi) is 5.49. The first-order valence-corrected chi connectivity index (χ1v) is 5.82. The SMILES string of the molecule is CNCC(=O)NCCN(C)c1ccc(C)cc1. The van der Waals surface area contributed by atoms with E-state index < -0.39 is 0 Å². The number of carbonyl (C=O) groups is 1. The van der Waals surface area contributed by atoms with Crippen LogP contribution in [-0.4, -0.2) is 39.6 Å². The zero-order valence-corrected chi connectivity index (χ0v) is 10.8. The number of anilines is 1. The average molecular weight is 235 g/mol. The van der Waals surface area contributed by atoms with Crippen LogP contribution in [0.1, 0.15) is 5.56 Å². The van der Waals surface area contributed by atoms with Gasteiger partial charge in [0.25, 0.3) is 0 Å². The molecule has 0 unspecified atom stereocenters. The van der Waals surface area contributed by atoms with Crippen LogP contribution >= 0.6 is 0 Å². The first-order chi connectivity index (χ1) is 8.13. The highest BCUT2D eigenvalue weighted by Crippen LogP contribution is 2.12. The van der Waals surface area contributed by atoms with Crippen LogP contribution in [0.2, 0.25) is 0 Å². The van der Waals surface area contributed by atoms with E-state index in [0.29, 0.717) is 13.1 Å². The molecule has 0 aliphatic carbocycles. The average Bonchev–Trinajstić information content (AvgIpc) is 2.30. The summed E-state index contributed by atoms with van der Waals surface area (Å²) in [7, 11) is 3.78. The Morgan fingerprint density at radius 1 is 1.29 bits per heavy atom. The van der Waals surface area contributed by atoms with E-state index >= 15 is 0 Å². The highest BCUT2D eigenvalue weighted by Gasteiger charge is 2.01. The summed E-state index contributed by atoms with van der Waals surface area (Å²) in [5, 5.41) is 5.67. The smallest absolute Gasteiger partial charge is 0.234 e. The number of amides is 1. The Morgan fingerprint density at radius 3 is 2.53 bits per heavy atom. The van der Waals surface area contributed by atoms with Crippen LogP contribution in [0.3, 0.4) is 0 Å². The van der Waals surface area contributed by atoms with E-state index in [9.17, 15) is 4.79 Å². The number of nitrogens with zero attached hydrogens (tertiary/aromatic N) is 1. The molecule has 0 spiro atoms. The first kappa shape index (κ1) is 13.5. The lowest BCUT2D eigenvalue weighted by molar-refractivity contribution is -0.120. The molecule has 0 saturated carbocycles. The minimum Gasteiger partial charge on any atom is -0.373 e. The lowest BCUT2D eigenvalue weighted by Gasteiger charge is -2.19. The lowest BCUT2D eigenvalue weighted by Crippen LogP contribution is -2.37. The molecule has 17 heavy (non-hydrogen) atoms. The molecular formula is C13H21N3O. The molecule has 0 aromatic heterocycles. The molecule has 4 heteroatoms. The van der Waals surface area contributed by atoms with E-state index in [1.165, 1.54) is 11.3 Å². The number of carbonyl (C=O) groups excluding carboxylic acids is 1. The second kappa shape index (κ2) is 6.91. The van der Waals surface area contributed by atoms with Crippen molar-refractivity contribution in [1.82, 2.24) is 10.6 Å². The molecule has 0 heterocycles. The Bertz CT molecular complexity index is 348. The van der Waals surface area contributed by atoms with Gasteiger partial charge in [0.05, 0.1) is 6.54 Å². The van der Waals surface area contributed by atoms with Crippen molar-refractivity contribution in [2.75, 3.05) is 38.6 Å². The molecule has 0 radical (unpaired) electrons. The van der Waals surface area contributed by atoms with Crippen molar-refractivity contribution in [2.24, 2.45) is 0 Å². The van der Waals surface area contributed by atoms with Gasteiger partial charge in [0.15, 0.2) is 0 Å². The maximum atomic E-state index is 11.2. The molecular weight excluding hydrogens is 214 g/mol. The Hall–Kier alpha value is -1.55. The highest BCUT2D eigenvalue weighted by atomic mass is 16.1. The van der Waals surface area contributed by atoms with Crippen LogP contribution in [0.25, 0.3) is 0 Å². The third-order valence-electron chi connectivity index (χ3n) is 2.58. The molecule has 0 atom stereocenters. The number of likely N-dealkylation sites (N-methyl/N-ethyl adjacent to an activating group) is 2. The van der Waals surface area contributed by atoms with Crippen LogP contribution in [0.4, 0.5) is 5.69 Å². The number of rotatable bonds is 6. The van der Waals surface area contributed by atoms with Crippen molar-refractivity contribution in [3.63, 3.8) is 0 Å².